The number of amides is 3. The minimum atomic E-state index is -0.0994. The number of hydrogen-bond donors (Lipinski definition) is 0. The van der Waals surface area contributed by atoms with E-state index in [1.807, 2.05) is 45.9 Å². The van der Waals surface area contributed by atoms with E-state index in [0.29, 0.717) is 45.2 Å². The molecule has 1 aromatic rings. The highest BCUT2D eigenvalue weighted by Gasteiger charge is 2.40. The van der Waals surface area contributed by atoms with Gasteiger partial charge in [0, 0.05) is 64.8 Å². The van der Waals surface area contributed by atoms with E-state index in [9.17, 15) is 14.4 Å². The van der Waals surface area contributed by atoms with E-state index < -0.39 is 0 Å². The minimum absolute atomic E-state index is 0.0810. The first-order chi connectivity index (χ1) is 15.4. The van der Waals surface area contributed by atoms with Crippen LogP contribution in [0, 0.1) is 12.8 Å². The Morgan fingerprint density at radius 3 is 2.03 bits per heavy atom. The molecule has 1 aromatic carbocycles. The van der Waals surface area contributed by atoms with Crippen LogP contribution in [0.4, 0.5) is 0 Å². The number of piperazine rings is 2. The predicted octanol–water partition coefficient (Wildman–Crippen LogP) is 2.00. The third kappa shape index (κ3) is 4.98. The maximum atomic E-state index is 13.6. The van der Waals surface area contributed by atoms with Crippen LogP contribution in [0.25, 0.3) is 0 Å². The summed E-state index contributed by atoms with van der Waals surface area (Å²) in [7, 11) is 0. The fraction of sp³-hybridized carbons (Fsp3) is 0.640. The average Bonchev–Trinajstić information content (AvgIpc) is 3.33. The molecule has 7 nitrogen and oxygen atoms in total. The molecule has 3 fully saturated rings. The standard InChI is InChI=1S/C25H36N4O3/c1-19-6-5-9-22(18-19)24(31)28-16-12-27(13-17-28)23(21-7-3-4-8-21)25(32)29-14-10-26(11-15-29)20(2)30/h5-6,9,18,21,23H,3-4,7-8,10-17H2,1-2H3. The van der Waals surface area contributed by atoms with Crippen molar-refractivity contribution in [2.24, 2.45) is 5.92 Å². The number of nitrogens with zero attached hydrogens (tertiary/aromatic N) is 4. The van der Waals surface area contributed by atoms with Crippen LogP contribution in [0.1, 0.15) is 48.5 Å². The lowest BCUT2D eigenvalue weighted by Gasteiger charge is -2.44. The number of rotatable bonds is 4. The second-order valence-electron chi connectivity index (χ2n) is 9.52. The quantitative estimate of drug-likeness (QED) is 0.719. The molecule has 2 heterocycles. The molecule has 0 N–H and O–H groups in total. The molecule has 174 valence electrons. The topological polar surface area (TPSA) is 64.2 Å². The van der Waals surface area contributed by atoms with Crippen LogP contribution in [0.3, 0.4) is 0 Å². The van der Waals surface area contributed by atoms with E-state index in [0.717, 1.165) is 37.1 Å². The molecule has 1 aliphatic carbocycles. The van der Waals surface area contributed by atoms with Crippen molar-refractivity contribution in [3.8, 4) is 0 Å². The highest BCUT2D eigenvalue weighted by molar-refractivity contribution is 5.94. The molecule has 1 saturated carbocycles. The van der Waals surface area contributed by atoms with Gasteiger partial charge in [-0.15, -0.1) is 0 Å². The summed E-state index contributed by atoms with van der Waals surface area (Å²) in [6.45, 7) is 8.85. The van der Waals surface area contributed by atoms with Crippen molar-refractivity contribution in [2.75, 3.05) is 52.4 Å². The van der Waals surface area contributed by atoms with Crippen molar-refractivity contribution in [1.82, 2.24) is 19.6 Å². The Balaban J connectivity index is 1.40. The van der Waals surface area contributed by atoms with Crippen molar-refractivity contribution < 1.29 is 14.4 Å². The van der Waals surface area contributed by atoms with Crippen LogP contribution in [0.15, 0.2) is 24.3 Å². The van der Waals surface area contributed by atoms with Crippen molar-refractivity contribution in [3.05, 3.63) is 35.4 Å². The van der Waals surface area contributed by atoms with Gasteiger partial charge in [0.05, 0.1) is 6.04 Å². The van der Waals surface area contributed by atoms with Crippen LogP contribution in [0.5, 0.6) is 0 Å². The van der Waals surface area contributed by atoms with E-state index >= 15 is 0 Å². The maximum Gasteiger partial charge on any atom is 0.253 e. The van der Waals surface area contributed by atoms with Gasteiger partial charge in [-0.25, -0.2) is 0 Å². The molecular weight excluding hydrogens is 404 g/mol. The normalized spacial score (nSPS) is 21.6. The summed E-state index contributed by atoms with van der Waals surface area (Å²) in [6.07, 6.45) is 4.59. The van der Waals surface area contributed by atoms with Gasteiger partial charge in [0.2, 0.25) is 11.8 Å². The largest absolute Gasteiger partial charge is 0.339 e. The smallest absolute Gasteiger partial charge is 0.253 e. The van der Waals surface area contributed by atoms with Crippen molar-refractivity contribution in [3.63, 3.8) is 0 Å². The van der Waals surface area contributed by atoms with Gasteiger partial charge in [-0.1, -0.05) is 30.5 Å². The van der Waals surface area contributed by atoms with E-state index in [2.05, 4.69) is 4.90 Å². The summed E-state index contributed by atoms with van der Waals surface area (Å²) in [5, 5.41) is 0. The van der Waals surface area contributed by atoms with E-state index in [-0.39, 0.29) is 23.8 Å². The highest BCUT2D eigenvalue weighted by Crippen LogP contribution is 2.32. The SMILES string of the molecule is CC(=O)N1CCN(C(=O)C(C2CCCC2)N2CCN(C(=O)c3cccc(C)c3)CC2)CC1. The van der Waals surface area contributed by atoms with Gasteiger partial charge >= 0.3 is 0 Å². The van der Waals surface area contributed by atoms with Gasteiger partial charge in [-0.05, 0) is 37.8 Å². The molecule has 32 heavy (non-hydrogen) atoms. The fourth-order valence-corrected chi connectivity index (χ4v) is 5.52. The Kier molecular flexibility index (Phi) is 7.13. The van der Waals surface area contributed by atoms with Crippen LogP contribution < -0.4 is 0 Å². The maximum absolute atomic E-state index is 13.6. The van der Waals surface area contributed by atoms with Crippen LogP contribution in [-0.2, 0) is 9.59 Å². The van der Waals surface area contributed by atoms with Gasteiger partial charge in [0.1, 0.15) is 0 Å². The summed E-state index contributed by atoms with van der Waals surface area (Å²) in [5.41, 5.74) is 1.83. The number of carbonyl (C=O) groups excluding carboxylic acids is 3. The lowest BCUT2D eigenvalue weighted by Crippen LogP contribution is -2.60. The molecule has 3 amide bonds. The van der Waals surface area contributed by atoms with E-state index in [1.54, 1.807) is 6.92 Å². The van der Waals surface area contributed by atoms with Gasteiger partial charge in [0.15, 0.2) is 0 Å². The highest BCUT2D eigenvalue weighted by atomic mass is 16.2. The molecule has 1 atom stereocenters. The summed E-state index contributed by atoms with van der Waals surface area (Å²) in [6, 6.07) is 7.66. The molecule has 2 aliphatic heterocycles. The van der Waals surface area contributed by atoms with E-state index in [1.165, 1.54) is 12.8 Å². The second kappa shape index (κ2) is 10.0. The van der Waals surface area contributed by atoms with Gasteiger partial charge in [0.25, 0.3) is 5.91 Å². The molecule has 0 aromatic heterocycles. The lowest BCUT2D eigenvalue weighted by molar-refractivity contribution is -0.144. The molecule has 0 bridgehead atoms. The third-order valence-electron chi connectivity index (χ3n) is 7.40. The first-order valence-electron chi connectivity index (χ1n) is 12.1. The molecule has 7 heteroatoms. The predicted molar refractivity (Wildman–Crippen MR) is 123 cm³/mol. The average molecular weight is 441 g/mol. The van der Waals surface area contributed by atoms with Crippen LogP contribution >= 0.6 is 0 Å². The van der Waals surface area contributed by atoms with Crippen LogP contribution in [0.2, 0.25) is 0 Å². The Hall–Kier alpha value is -2.41. The third-order valence-corrected chi connectivity index (χ3v) is 7.40. The lowest BCUT2D eigenvalue weighted by atomic mass is 9.94. The number of hydrogen-bond acceptors (Lipinski definition) is 4. The summed E-state index contributed by atoms with van der Waals surface area (Å²) < 4.78 is 0. The zero-order valence-corrected chi connectivity index (χ0v) is 19.5. The molecule has 3 aliphatic rings. The van der Waals surface area contributed by atoms with E-state index in [4.69, 9.17) is 0 Å². The number of benzene rings is 1. The first-order valence-corrected chi connectivity index (χ1v) is 12.1. The summed E-state index contributed by atoms with van der Waals surface area (Å²) in [4.78, 5) is 46.3. The zero-order valence-electron chi connectivity index (χ0n) is 19.5. The molecular formula is C25H36N4O3. The van der Waals surface area contributed by atoms with Crippen molar-refractivity contribution in [2.45, 2.75) is 45.6 Å². The Morgan fingerprint density at radius 2 is 1.44 bits per heavy atom. The summed E-state index contributed by atoms with van der Waals surface area (Å²) in [5.74, 6) is 0.780. The molecule has 1 unspecified atom stereocenters. The van der Waals surface area contributed by atoms with Gasteiger partial charge in [-0.3, -0.25) is 19.3 Å². The molecule has 0 spiro atoms. The Morgan fingerprint density at radius 1 is 0.844 bits per heavy atom. The van der Waals surface area contributed by atoms with Crippen LogP contribution in [-0.4, -0.2) is 95.7 Å². The van der Waals surface area contributed by atoms with Gasteiger partial charge in [-0.2, -0.15) is 0 Å². The molecule has 4 rings (SSSR count). The number of carbonyl (C=O) groups is 3. The fourth-order valence-electron chi connectivity index (χ4n) is 5.52. The first kappa shape index (κ1) is 22.8. The molecule has 0 radical (unpaired) electrons. The monoisotopic (exact) mass is 440 g/mol. The number of aryl methyl sites for hydroxylation is 1. The van der Waals surface area contributed by atoms with Crippen molar-refractivity contribution in [1.29, 1.82) is 0 Å². The van der Waals surface area contributed by atoms with Gasteiger partial charge < -0.3 is 14.7 Å². The second-order valence-corrected chi connectivity index (χ2v) is 9.52. The Labute approximate surface area is 191 Å². The Bertz CT molecular complexity index is 835. The zero-order chi connectivity index (χ0) is 22.7. The molecule has 2 saturated heterocycles. The minimum Gasteiger partial charge on any atom is -0.339 e. The van der Waals surface area contributed by atoms with Crippen molar-refractivity contribution >= 4 is 17.7 Å². The summed E-state index contributed by atoms with van der Waals surface area (Å²) >= 11 is 0.